The summed E-state index contributed by atoms with van der Waals surface area (Å²) in [6, 6.07) is 4.13. The summed E-state index contributed by atoms with van der Waals surface area (Å²) in [4.78, 5) is 0.00220. The molecule has 0 saturated carbocycles. The number of halogens is 1. The second kappa shape index (κ2) is 5.50. The summed E-state index contributed by atoms with van der Waals surface area (Å²) in [5.41, 5.74) is 0.482. The molecule has 1 aliphatic heterocycles. The van der Waals surface area contributed by atoms with Crippen molar-refractivity contribution in [1.29, 1.82) is 0 Å². The van der Waals surface area contributed by atoms with E-state index in [2.05, 4.69) is 5.32 Å². The number of benzene rings is 1. The highest BCUT2D eigenvalue weighted by atomic mass is 35.5. The van der Waals surface area contributed by atoms with Crippen LogP contribution in [0.3, 0.4) is 0 Å². The number of ether oxygens (including phenoxy) is 2. The molecule has 1 fully saturated rings. The van der Waals surface area contributed by atoms with Crippen molar-refractivity contribution in [3.8, 4) is 0 Å². The van der Waals surface area contributed by atoms with Gasteiger partial charge in [0, 0.05) is 0 Å². The predicted molar refractivity (Wildman–Crippen MR) is 76.2 cm³/mol. The van der Waals surface area contributed by atoms with E-state index in [0.717, 1.165) is 0 Å². The molecule has 0 radical (unpaired) electrons. The lowest BCUT2D eigenvalue weighted by molar-refractivity contribution is -0.247. The largest absolute Gasteiger partial charge is 0.376 e. The van der Waals surface area contributed by atoms with Gasteiger partial charge in [0.1, 0.15) is 0 Å². The van der Waals surface area contributed by atoms with Crippen LogP contribution in [0.5, 0.6) is 0 Å². The fourth-order valence-electron chi connectivity index (χ4n) is 1.79. The highest BCUT2D eigenvalue weighted by molar-refractivity contribution is 7.89. The van der Waals surface area contributed by atoms with E-state index >= 15 is 0 Å². The number of rotatable bonds is 3. The van der Waals surface area contributed by atoms with E-state index in [1.807, 2.05) is 13.8 Å². The number of sulfonamides is 1. The van der Waals surface area contributed by atoms with Crippen molar-refractivity contribution in [3.05, 3.63) is 23.2 Å². The molecular formula is C12H17ClN2O4S. The van der Waals surface area contributed by atoms with Gasteiger partial charge in [-0.2, -0.15) is 0 Å². The van der Waals surface area contributed by atoms with Crippen LogP contribution in [0.15, 0.2) is 23.1 Å². The molecular weight excluding hydrogens is 304 g/mol. The Hall–Kier alpha value is -0.860. The summed E-state index contributed by atoms with van der Waals surface area (Å²) in [6.07, 6.45) is 0. The van der Waals surface area contributed by atoms with Crippen molar-refractivity contribution < 1.29 is 17.9 Å². The summed E-state index contributed by atoms with van der Waals surface area (Å²) in [6.45, 7) is 4.53. The third-order valence-corrected chi connectivity index (χ3v) is 4.13. The Morgan fingerprint density at radius 3 is 2.50 bits per heavy atom. The van der Waals surface area contributed by atoms with E-state index in [1.54, 1.807) is 0 Å². The lowest BCUT2D eigenvalue weighted by atomic mass is 10.2. The SMILES string of the molecule is CC1(C)OCC(Nc2cc(S(N)(=O)=O)ccc2Cl)CO1. The van der Waals surface area contributed by atoms with Crippen molar-refractivity contribution in [1.82, 2.24) is 0 Å². The molecule has 8 heteroatoms. The number of nitrogens with two attached hydrogens (primary N) is 1. The fraction of sp³-hybridized carbons (Fsp3) is 0.500. The first-order valence-corrected chi connectivity index (χ1v) is 7.97. The van der Waals surface area contributed by atoms with Crippen molar-refractivity contribution >= 4 is 27.3 Å². The molecule has 0 amide bonds. The highest BCUT2D eigenvalue weighted by Gasteiger charge is 2.28. The first-order chi connectivity index (χ1) is 9.17. The summed E-state index contributed by atoms with van der Waals surface area (Å²) in [7, 11) is -3.76. The van der Waals surface area contributed by atoms with E-state index in [1.165, 1.54) is 18.2 Å². The lowest BCUT2D eigenvalue weighted by Gasteiger charge is -2.35. The molecule has 1 aliphatic rings. The molecule has 20 heavy (non-hydrogen) atoms. The molecule has 0 bridgehead atoms. The normalized spacial score (nSPS) is 19.8. The quantitative estimate of drug-likeness (QED) is 0.881. The molecule has 3 N–H and O–H groups in total. The van der Waals surface area contributed by atoms with Gasteiger partial charge in [0.2, 0.25) is 10.0 Å². The van der Waals surface area contributed by atoms with Gasteiger partial charge >= 0.3 is 0 Å². The summed E-state index contributed by atoms with van der Waals surface area (Å²) < 4.78 is 33.7. The first-order valence-electron chi connectivity index (χ1n) is 6.04. The third kappa shape index (κ3) is 3.83. The van der Waals surface area contributed by atoms with Gasteiger partial charge in [-0.3, -0.25) is 0 Å². The third-order valence-electron chi connectivity index (χ3n) is 2.89. The second-order valence-electron chi connectivity index (χ2n) is 5.05. The lowest BCUT2D eigenvalue weighted by Crippen LogP contribution is -2.45. The van der Waals surface area contributed by atoms with Crippen molar-refractivity contribution in [2.24, 2.45) is 5.14 Å². The number of nitrogens with one attached hydrogen (secondary N) is 1. The Morgan fingerprint density at radius 2 is 1.95 bits per heavy atom. The van der Waals surface area contributed by atoms with Crippen LogP contribution in [0, 0.1) is 0 Å². The molecule has 1 aromatic rings. The van der Waals surface area contributed by atoms with Gasteiger partial charge < -0.3 is 14.8 Å². The van der Waals surface area contributed by atoms with Crippen LogP contribution in [0.1, 0.15) is 13.8 Å². The Kier molecular flexibility index (Phi) is 4.27. The van der Waals surface area contributed by atoms with Crippen molar-refractivity contribution in [2.45, 2.75) is 30.6 Å². The smallest absolute Gasteiger partial charge is 0.238 e. The highest BCUT2D eigenvalue weighted by Crippen LogP contribution is 2.27. The monoisotopic (exact) mass is 320 g/mol. The molecule has 1 saturated heterocycles. The zero-order valence-corrected chi connectivity index (χ0v) is 12.8. The molecule has 2 rings (SSSR count). The number of anilines is 1. The summed E-state index contributed by atoms with van der Waals surface area (Å²) in [5, 5.41) is 8.60. The minimum Gasteiger partial charge on any atom is -0.376 e. The molecule has 1 aromatic carbocycles. The zero-order valence-electron chi connectivity index (χ0n) is 11.2. The van der Waals surface area contributed by atoms with Crippen LogP contribution < -0.4 is 10.5 Å². The molecule has 112 valence electrons. The molecule has 0 unspecified atom stereocenters. The maximum absolute atomic E-state index is 11.3. The van der Waals surface area contributed by atoms with Gasteiger partial charge in [-0.05, 0) is 32.0 Å². The minimum atomic E-state index is -3.76. The second-order valence-corrected chi connectivity index (χ2v) is 7.02. The topological polar surface area (TPSA) is 90.6 Å². The molecule has 1 heterocycles. The van der Waals surface area contributed by atoms with Crippen LogP contribution in [0.25, 0.3) is 0 Å². The average molecular weight is 321 g/mol. The minimum absolute atomic E-state index is 0.00220. The number of primary sulfonamides is 1. The maximum atomic E-state index is 11.3. The van der Waals surface area contributed by atoms with Gasteiger partial charge in [0.15, 0.2) is 5.79 Å². The number of hydrogen-bond donors (Lipinski definition) is 2. The molecule has 0 aliphatic carbocycles. The maximum Gasteiger partial charge on any atom is 0.238 e. The standard InChI is InChI=1S/C12H17ClN2O4S/c1-12(2)18-6-8(7-19-12)15-11-5-9(20(14,16)17)3-4-10(11)13/h3-5,8,15H,6-7H2,1-2H3,(H2,14,16,17). The molecule has 0 aromatic heterocycles. The van der Waals surface area contributed by atoms with E-state index in [-0.39, 0.29) is 10.9 Å². The predicted octanol–water partition coefficient (Wildman–Crippen LogP) is 1.55. The molecule has 0 atom stereocenters. The Balaban J connectivity index is 2.14. The van der Waals surface area contributed by atoms with E-state index < -0.39 is 15.8 Å². The number of hydrogen-bond acceptors (Lipinski definition) is 5. The van der Waals surface area contributed by atoms with Crippen molar-refractivity contribution in [2.75, 3.05) is 18.5 Å². The van der Waals surface area contributed by atoms with Crippen molar-refractivity contribution in [3.63, 3.8) is 0 Å². The molecule has 0 spiro atoms. The van der Waals surface area contributed by atoms with Gasteiger partial charge in [-0.25, -0.2) is 13.6 Å². The van der Waals surface area contributed by atoms with E-state index in [0.29, 0.717) is 23.9 Å². The van der Waals surface area contributed by atoms with Crippen LogP contribution in [0.4, 0.5) is 5.69 Å². The Labute approximate surface area is 123 Å². The van der Waals surface area contributed by atoms with Crippen LogP contribution in [-0.2, 0) is 19.5 Å². The van der Waals surface area contributed by atoms with Gasteiger partial charge in [-0.1, -0.05) is 11.6 Å². The van der Waals surface area contributed by atoms with E-state index in [4.69, 9.17) is 26.2 Å². The zero-order chi connectivity index (χ0) is 15.0. The van der Waals surface area contributed by atoms with Gasteiger partial charge in [0.05, 0.1) is 34.9 Å². The molecule has 6 nitrogen and oxygen atoms in total. The average Bonchev–Trinajstić information content (AvgIpc) is 2.33. The summed E-state index contributed by atoms with van der Waals surface area (Å²) in [5.74, 6) is -0.607. The summed E-state index contributed by atoms with van der Waals surface area (Å²) >= 11 is 6.04. The van der Waals surface area contributed by atoms with Crippen LogP contribution >= 0.6 is 11.6 Å². The van der Waals surface area contributed by atoms with E-state index in [9.17, 15) is 8.42 Å². The Morgan fingerprint density at radius 1 is 1.35 bits per heavy atom. The van der Waals surface area contributed by atoms with Crippen LogP contribution in [-0.4, -0.2) is 33.5 Å². The van der Waals surface area contributed by atoms with Gasteiger partial charge in [-0.15, -0.1) is 0 Å². The first kappa shape index (κ1) is 15.5. The van der Waals surface area contributed by atoms with Gasteiger partial charge in [0.25, 0.3) is 0 Å². The Bertz CT molecular complexity index is 593. The van der Waals surface area contributed by atoms with Crippen LogP contribution in [0.2, 0.25) is 5.02 Å². The fourth-order valence-corrected chi connectivity index (χ4v) is 2.50.